The maximum Gasteiger partial charge on any atom is 0.283 e. The van der Waals surface area contributed by atoms with Gasteiger partial charge in [-0.3, -0.25) is 20.3 Å². The lowest BCUT2D eigenvalue weighted by molar-refractivity contribution is -0.384. The summed E-state index contributed by atoms with van der Waals surface area (Å²) in [6.07, 6.45) is 3.44. The summed E-state index contributed by atoms with van der Waals surface area (Å²) < 4.78 is 15.8. The number of ether oxygens (including phenoxy) is 2. The molecule has 2 aromatic rings. The highest BCUT2D eigenvalue weighted by Crippen LogP contribution is 2.33. The standard InChI is InChI=1S/C22H19N5O5S2/c1-3-31-18-11-14(6-9-17(18)32-12-13-4-7-15(8-5-13)27(29)30)10-16-19(23)26-21(24-20(16)28)34-25-22(26)33-2/h4-11,23H,3,12H2,1-2H3/b16-10-,23-19?. The Kier molecular flexibility index (Phi) is 6.98. The number of nitro benzene ring substituents is 1. The number of amidine groups is 3. The molecule has 2 aliphatic rings. The van der Waals surface area contributed by atoms with Crippen LogP contribution in [-0.2, 0) is 11.4 Å². The zero-order valence-electron chi connectivity index (χ0n) is 18.2. The van der Waals surface area contributed by atoms with Crippen molar-refractivity contribution in [1.82, 2.24) is 4.90 Å². The Labute approximate surface area is 203 Å². The van der Waals surface area contributed by atoms with Gasteiger partial charge in [0.05, 0.1) is 29.1 Å². The van der Waals surface area contributed by atoms with Crippen LogP contribution in [0.5, 0.6) is 11.5 Å². The highest BCUT2D eigenvalue weighted by molar-refractivity contribution is 8.18. The number of hydrogen-bond acceptors (Lipinski definition) is 9. The minimum Gasteiger partial charge on any atom is -0.490 e. The van der Waals surface area contributed by atoms with Crippen LogP contribution in [0.2, 0.25) is 0 Å². The molecular weight excluding hydrogens is 478 g/mol. The molecule has 0 aromatic heterocycles. The quantitative estimate of drug-likeness (QED) is 0.256. The molecule has 2 aliphatic heterocycles. The molecule has 1 N–H and O–H groups in total. The van der Waals surface area contributed by atoms with Gasteiger partial charge in [-0.2, -0.15) is 9.39 Å². The van der Waals surface area contributed by atoms with Gasteiger partial charge >= 0.3 is 0 Å². The van der Waals surface area contributed by atoms with Crippen molar-refractivity contribution in [1.29, 1.82) is 5.41 Å². The number of nitro groups is 1. The molecule has 34 heavy (non-hydrogen) atoms. The van der Waals surface area contributed by atoms with Crippen molar-refractivity contribution in [3.05, 3.63) is 69.3 Å². The molecule has 12 heteroatoms. The predicted molar refractivity (Wildman–Crippen MR) is 134 cm³/mol. The summed E-state index contributed by atoms with van der Waals surface area (Å²) in [4.78, 5) is 28.5. The SMILES string of the molecule is CCOc1cc(/C=C2/C(=N)N3C(SC)=NSC3=NC2=O)ccc1OCc1ccc([N+](=O)[O-])cc1. The summed E-state index contributed by atoms with van der Waals surface area (Å²) in [5.41, 5.74) is 1.57. The molecule has 0 radical (unpaired) electrons. The van der Waals surface area contributed by atoms with Crippen LogP contribution >= 0.6 is 23.7 Å². The lowest BCUT2D eigenvalue weighted by atomic mass is 10.1. The Morgan fingerprint density at radius 1 is 1.21 bits per heavy atom. The van der Waals surface area contributed by atoms with E-state index in [2.05, 4.69) is 9.39 Å². The number of rotatable bonds is 7. The number of non-ortho nitro benzene ring substituents is 1. The Hall–Kier alpha value is -3.64. The number of hydrogen-bond donors (Lipinski definition) is 1. The first-order chi connectivity index (χ1) is 16.4. The second kappa shape index (κ2) is 10.1. The van der Waals surface area contributed by atoms with Gasteiger partial charge in [0.2, 0.25) is 5.17 Å². The van der Waals surface area contributed by atoms with Crippen molar-refractivity contribution in [3.8, 4) is 11.5 Å². The van der Waals surface area contributed by atoms with Crippen molar-refractivity contribution in [2.24, 2.45) is 9.39 Å². The van der Waals surface area contributed by atoms with E-state index in [1.54, 1.807) is 41.3 Å². The number of nitrogens with zero attached hydrogens (tertiary/aromatic N) is 4. The molecule has 2 heterocycles. The van der Waals surface area contributed by atoms with Crippen LogP contribution in [0.15, 0.2) is 57.4 Å². The molecule has 0 bridgehead atoms. The maximum absolute atomic E-state index is 12.6. The van der Waals surface area contributed by atoms with Gasteiger partial charge in [0.25, 0.3) is 11.6 Å². The number of fused-ring (bicyclic) bond motifs is 1. The summed E-state index contributed by atoms with van der Waals surface area (Å²) in [6.45, 7) is 2.44. The van der Waals surface area contributed by atoms with Crippen molar-refractivity contribution >= 4 is 57.6 Å². The molecule has 0 atom stereocenters. The Morgan fingerprint density at radius 3 is 2.65 bits per heavy atom. The fraction of sp³-hybridized carbons (Fsp3) is 0.182. The monoisotopic (exact) mass is 497 g/mol. The number of amides is 1. The number of thioether (sulfide) groups is 1. The summed E-state index contributed by atoms with van der Waals surface area (Å²) in [6, 6.07) is 11.3. The molecule has 0 saturated carbocycles. The van der Waals surface area contributed by atoms with Crippen LogP contribution < -0.4 is 9.47 Å². The van der Waals surface area contributed by atoms with Gasteiger partial charge in [0.15, 0.2) is 16.7 Å². The molecular formula is C22H19N5O5S2. The molecule has 0 fully saturated rings. The first kappa shape index (κ1) is 23.5. The zero-order valence-corrected chi connectivity index (χ0v) is 19.8. The first-order valence-electron chi connectivity index (χ1n) is 10.1. The highest BCUT2D eigenvalue weighted by Gasteiger charge is 2.37. The Balaban J connectivity index is 1.56. The molecule has 1 amide bonds. The highest BCUT2D eigenvalue weighted by atomic mass is 32.2. The van der Waals surface area contributed by atoms with Gasteiger partial charge in [-0.15, -0.1) is 0 Å². The fourth-order valence-electron chi connectivity index (χ4n) is 3.18. The normalized spacial score (nSPS) is 16.3. The van der Waals surface area contributed by atoms with Crippen LogP contribution in [0.4, 0.5) is 5.69 Å². The Bertz CT molecular complexity index is 1260. The van der Waals surface area contributed by atoms with Crippen molar-refractivity contribution in [3.63, 3.8) is 0 Å². The summed E-state index contributed by atoms with van der Waals surface area (Å²) in [5.74, 6) is 0.476. The molecule has 2 aromatic carbocycles. The van der Waals surface area contributed by atoms with Crippen molar-refractivity contribution in [2.75, 3.05) is 12.9 Å². The molecule has 0 aliphatic carbocycles. The van der Waals surface area contributed by atoms with Gasteiger partial charge in [-0.05, 0) is 54.6 Å². The van der Waals surface area contributed by atoms with E-state index in [0.29, 0.717) is 34.0 Å². The van der Waals surface area contributed by atoms with E-state index in [-0.39, 0.29) is 23.7 Å². The largest absolute Gasteiger partial charge is 0.490 e. The van der Waals surface area contributed by atoms with E-state index in [0.717, 1.165) is 17.5 Å². The van der Waals surface area contributed by atoms with E-state index in [9.17, 15) is 14.9 Å². The molecule has 0 unspecified atom stereocenters. The van der Waals surface area contributed by atoms with E-state index < -0.39 is 10.8 Å². The van der Waals surface area contributed by atoms with Crippen LogP contribution in [-0.4, -0.2) is 44.8 Å². The average Bonchev–Trinajstić information content (AvgIpc) is 3.24. The van der Waals surface area contributed by atoms with Gasteiger partial charge in [-0.25, -0.2) is 4.90 Å². The molecule has 0 spiro atoms. The number of carbonyl (C=O) groups excluding carboxylic acids is 1. The van der Waals surface area contributed by atoms with Crippen molar-refractivity contribution < 1.29 is 19.2 Å². The average molecular weight is 498 g/mol. The van der Waals surface area contributed by atoms with Crippen LogP contribution in [0.3, 0.4) is 0 Å². The lowest BCUT2D eigenvalue weighted by Crippen LogP contribution is -2.41. The minimum absolute atomic E-state index is 0.0128. The third-order valence-corrected chi connectivity index (χ3v) is 6.25. The second-order valence-corrected chi connectivity index (χ2v) is 8.47. The summed E-state index contributed by atoms with van der Waals surface area (Å²) >= 11 is 2.45. The third-order valence-electron chi connectivity index (χ3n) is 4.80. The number of aliphatic imine (C=N–C) groups is 1. The van der Waals surface area contributed by atoms with E-state index >= 15 is 0 Å². The van der Waals surface area contributed by atoms with Gasteiger partial charge in [-0.1, -0.05) is 17.8 Å². The topological polar surface area (TPSA) is 130 Å². The van der Waals surface area contributed by atoms with E-state index in [1.165, 1.54) is 23.9 Å². The number of benzene rings is 2. The smallest absolute Gasteiger partial charge is 0.283 e. The van der Waals surface area contributed by atoms with Gasteiger partial charge in [0.1, 0.15) is 12.4 Å². The van der Waals surface area contributed by atoms with Crippen LogP contribution in [0, 0.1) is 15.5 Å². The van der Waals surface area contributed by atoms with Gasteiger partial charge in [0, 0.05) is 12.1 Å². The predicted octanol–water partition coefficient (Wildman–Crippen LogP) is 4.51. The van der Waals surface area contributed by atoms with Crippen LogP contribution in [0.1, 0.15) is 18.1 Å². The van der Waals surface area contributed by atoms with Gasteiger partial charge < -0.3 is 9.47 Å². The molecule has 4 rings (SSSR count). The van der Waals surface area contributed by atoms with E-state index in [1.807, 2.05) is 13.2 Å². The number of carbonyl (C=O) groups is 1. The zero-order chi connectivity index (χ0) is 24.2. The first-order valence-corrected chi connectivity index (χ1v) is 12.1. The molecule has 174 valence electrons. The minimum atomic E-state index is -0.502. The number of nitrogens with one attached hydrogen (secondary N) is 1. The third kappa shape index (κ3) is 4.82. The van der Waals surface area contributed by atoms with Crippen molar-refractivity contribution in [2.45, 2.75) is 13.5 Å². The molecule has 10 nitrogen and oxygen atoms in total. The summed E-state index contributed by atoms with van der Waals surface area (Å²) in [5, 5.41) is 20.3. The summed E-state index contributed by atoms with van der Waals surface area (Å²) in [7, 11) is 0. The molecule has 0 saturated heterocycles. The Morgan fingerprint density at radius 2 is 1.97 bits per heavy atom. The fourth-order valence-corrected chi connectivity index (χ4v) is 4.63. The van der Waals surface area contributed by atoms with E-state index in [4.69, 9.17) is 14.9 Å². The maximum atomic E-state index is 12.6. The second-order valence-electron chi connectivity index (χ2n) is 6.96. The van der Waals surface area contributed by atoms with Crippen LogP contribution in [0.25, 0.3) is 6.08 Å². The lowest BCUT2D eigenvalue weighted by Gasteiger charge is -2.23.